The summed E-state index contributed by atoms with van der Waals surface area (Å²) >= 11 is 0. The molecule has 13 heteroatoms. The van der Waals surface area contributed by atoms with E-state index in [0.29, 0.717) is 32.8 Å². The van der Waals surface area contributed by atoms with Crippen molar-refractivity contribution in [2.24, 2.45) is 0 Å². The summed E-state index contributed by atoms with van der Waals surface area (Å²) in [7, 11) is 3.52. The summed E-state index contributed by atoms with van der Waals surface area (Å²) in [6.45, 7) is 3.47. The summed E-state index contributed by atoms with van der Waals surface area (Å²) in [5.74, 6) is -2.58. The van der Waals surface area contributed by atoms with Crippen molar-refractivity contribution in [3.8, 4) is 0 Å². The maximum Gasteiger partial charge on any atom is 0.490 e. The predicted octanol–water partition coefficient (Wildman–Crippen LogP) is 0.703. The van der Waals surface area contributed by atoms with Gasteiger partial charge in [-0.2, -0.15) is 13.2 Å². The number of carboxylic acid groups (broad SMARTS) is 1. The van der Waals surface area contributed by atoms with Crippen molar-refractivity contribution in [2.75, 3.05) is 53.4 Å². The van der Waals surface area contributed by atoms with Gasteiger partial charge in [0.25, 0.3) is 5.91 Å². The number of halogens is 3. The lowest BCUT2D eigenvalue weighted by Gasteiger charge is -2.47. The Morgan fingerprint density at radius 2 is 1.94 bits per heavy atom. The van der Waals surface area contributed by atoms with Crippen LogP contribution in [0.3, 0.4) is 0 Å². The lowest BCUT2D eigenvalue weighted by Crippen LogP contribution is -2.61. The van der Waals surface area contributed by atoms with Crippen LogP contribution in [0.25, 0.3) is 0 Å². The zero-order valence-corrected chi connectivity index (χ0v) is 17.2. The number of hydrogen-bond acceptors (Lipinski definition) is 7. The number of ether oxygens (including phenoxy) is 1. The molecule has 0 saturated carbocycles. The Morgan fingerprint density at radius 1 is 1.26 bits per heavy atom. The summed E-state index contributed by atoms with van der Waals surface area (Å²) in [5, 5.41) is 10.7. The first-order chi connectivity index (χ1) is 14.4. The van der Waals surface area contributed by atoms with Crippen molar-refractivity contribution in [3.05, 3.63) is 18.0 Å². The molecule has 1 N–H and O–H groups in total. The Kier molecular flexibility index (Phi) is 8.01. The number of carbonyl (C=O) groups is 3. The first-order valence-corrected chi connectivity index (χ1v) is 9.50. The molecule has 2 saturated heterocycles. The van der Waals surface area contributed by atoms with Gasteiger partial charge in [0.2, 0.25) is 11.7 Å². The highest BCUT2D eigenvalue weighted by atomic mass is 19.4. The molecule has 174 valence electrons. The second-order valence-electron chi connectivity index (χ2n) is 7.54. The van der Waals surface area contributed by atoms with Crippen LogP contribution >= 0.6 is 0 Å². The molecule has 2 aliphatic rings. The van der Waals surface area contributed by atoms with Crippen LogP contribution in [0, 0.1) is 0 Å². The Hall–Kier alpha value is -2.67. The minimum Gasteiger partial charge on any atom is -0.475 e. The third-order valence-electron chi connectivity index (χ3n) is 4.90. The van der Waals surface area contributed by atoms with Crippen molar-refractivity contribution in [2.45, 2.75) is 24.6 Å². The number of morpholine rings is 1. The van der Waals surface area contributed by atoms with Gasteiger partial charge in [-0.15, -0.1) is 0 Å². The van der Waals surface area contributed by atoms with Crippen LogP contribution in [0.2, 0.25) is 0 Å². The van der Waals surface area contributed by atoms with Gasteiger partial charge in [0, 0.05) is 33.3 Å². The molecule has 0 radical (unpaired) electrons. The second kappa shape index (κ2) is 10.1. The minimum absolute atomic E-state index is 0.0810. The van der Waals surface area contributed by atoms with Crippen molar-refractivity contribution >= 4 is 17.8 Å². The van der Waals surface area contributed by atoms with E-state index in [4.69, 9.17) is 19.2 Å². The Labute approximate surface area is 176 Å². The number of rotatable bonds is 3. The zero-order valence-electron chi connectivity index (χ0n) is 17.2. The van der Waals surface area contributed by atoms with E-state index >= 15 is 0 Å². The topological polar surface area (TPSA) is 116 Å². The number of hydrogen-bond donors (Lipinski definition) is 1. The van der Waals surface area contributed by atoms with E-state index in [1.807, 2.05) is 0 Å². The fourth-order valence-electron chi connectivity index (χ4n) is 3.41. The summed E-state index contributed by atoms with van der Waals surface area (Å²) in [6, 6.07) is 1.58. The largest absolute Gasteiger partial charge is 0.490 e. The molecule has 2 fully saturated rings. The van der Waals surface area contributed by atoms with Crippen LogP contribution < -0.4 is 0 Å². The number of carbonyl (C=O) groups excluding carboxylic acids is 2. The Balaban J connectivity index is 0.000000423. The predicted molar refractivity (Wildman–Crippen MR) is 99.1 cm³/mol. The van der Waals surface area contributed by atoms with Gasteiger partial charge >= 0.3 is 12.1 Å². The Morgan fingerprint density at radius 3 is 2.48 bits per heavy atom. The first kappa shape index (κ1) is 24.6. The zero-order chi connectivity index (χ0) is 23.2. The molecule has 1 spiro atoms. The molecule has 1 aromatic rings. The van der Waals surface area contributed by atoms with Crippen molar-refractivity contribution < 1.29 is 41.9 Å². The van der Waals surface area contributed by atoms with Crippen molar-refractivity contribution in [3.63, 3.8) is 0 Å². The fourth-order valence-corrected chi connectivity index (χ4v) is 3.41. The van der Waals surface area contributed by atoms with Crippen LogP contribution in [-0.4, -0.2) is 108 Å². The molecule has 31 heavy (non-hydrogen) atoms. The van der Waals surface area contributed by atoms with Gasteiger partial charge in [0.1, 0.15) is 0 Å². The highest BCUT2D eigenvalue weighted by molar-refractivity contribution is 5.91. The third kappa shape index (κ3) is 6.92. The molecule has 0 bridgehead atoms. The molecule has 2 aliphatic heterocycles. The smallest absolute Gasteiger partial charge is 0.475 e. The molecule has 1 unspecified atom stereocenters. The first-order valence-electron chi connectivity index (χ1n) is 9.50. The van der Waals surface area contributed by atoms with Crippen LogP contribution in [0.15, 0.2) is 16.8 Å². The standard InChI is InChI=1S/C16H24N4O4.C2HF3O2/c1-18(2)14(21)10-19-7-3-5-16(11-19)12-20(8-9-23-16)15(22)13-4-6-17-24-13;3-2(4,5)1(6)7/h4,6H,3,5,7-12H2,1-2H3;(H,6,7). The maximum atomic E-state index is 12.5. The number of likely N-dealkylation sites (N-methyl/N-ethyl adjacent to an activating group) is 1. The molecular weight excluding hydrogens is 425 g/mol. The fraction of sp³-hybridized carbons (Fsp3) is 0.667. The number of alkyl halides is 3. The van der Waals surface area contributed by atoms with Crippen molar-refractivity contribution in [1.29, 1.82) is 0 Å². The SMILES string of the molecule is CN(C)C(=O)CN1CCCC2(C1)CN(C(=O)c1ccno1)CCO2.O=C(O)C(F)(F)F. The number of amides is 2. The van der Waals surface area contributed by atoms with Crippen LogP contribution in [0.4, 0.5) is 13.2 Å². The van der Waals surface area contributed by atoms with Crippen LogP contribution in [0.1, 0.15) is 23.4 Å². The number of aliphatic carboxylic acids is 1. The van der Waals surface area contributed by atoms with E-state index < -0.39 is 17.7 Å². The van der Waals surface area contributed by atoms with Crippen LogP contribution in [0.5, 0.6) is 0 Å². The van der Waals surface area contributed by atoms with E-state index in [1.165, 1.54) is 6.20 Å². The Bertz CT molecular complexity index is 767. The maximum absolute atomic E-state index is 12.5. The minimum atomic E-state index is -5.08. The highest BCUT2D eigenvalue weighted by Gasteiger charge is 2.42. The number of carboxylic acids is 1. The molecule has 10 nitrogen and oxygen atoms in total. The summed E-state index contributed by atoms with van der Waals surface area (Å²) < 4.78 is 42.8. The van der Waals surface area contributed by atoms with Gasteiger partial charge in [-0.1, -0.05) is 5.16 Å². The van der Waals surface area contributed by atoms with E-state index in [-0.39, 0.29) is 17.6 Å². The molecular formula is C18H25F3N4O6. The molecule has 1 aromatic heterocycles. The van der Waals surface area contributed by atoms with E-state index in [9.17, 15) is 22.8 Å². The molecule has 3 rings (SSSR count). The van der Waals surface area contributed by atoms with Gasteiger partial charge in [-0.05, 0) is 19.4 Å². The van der Waals surface area contributed by atoms with E-state index in [0.717, 1.165) is 19.4 Å². The molecule has 1 atom stereocenters. The highest BCUT2D eigenvalue weighted by Crippen LogP contribution is 2.29. The lowest BCUT2D eigenvalue weighted by atomic mass is 9.90. The summed E-state index contributed by atoms with van der Waals surface area (Å²) in [6.07, 6.45) is -1.77. The van der Waals surface area contributed by atoms with Crippen molar-refractivity contribution in [1.82, 2.24) is 19.9 Å². The van der Waals surface area contributed by atoms with Crippen LogP contribution in [-0.2, 0) is 14.3 Å². The number of likely N-dealkylation sites (tertiary alicyclic amines) is 1. The molecule has 0 aliphatic carbocycles. The molecule has 3 heterocycles. The average Bonchev–Trinajstić information content (AvgIpc) is 3.22. The summed E-state index contributed by atoms with van der Waals surface area (Å²) in [5.41, 5.74) is -0.404. The number of aromatic nitrogens is 1. The lowest BCUT2D eigenvalue weighted by molar-refractivity contribution is -0.192. The van der Waals surface area contributed by atoms with Gasteiger partial charge in [-0.25, -0.2) is 4.79 Å². The van der Waals surface area contributed by atoms with E-state index in [2.05, 4.69) is 10.1 Å². The number of piperidine rings is 1. The third-order valence-corrected chi connectivity index (χ3v) is 4.90. The number of nitrogens with zero attached hydrogens (tertiary/aromatic N) is 4. The van der Waals surface area contributed by atoms with E-state index in [1.54, 1.807) is 30.0 Å². The average molecular weight is 450 g/mol. The molecule has 2 amide bonds. The molecule has 0 aromatic carbocycles. The summed E-state index contributed by atoms with van der Waals surface area (Å²) in [4.78, 5) is 38.8. The second-order valence-corrected chi connectivity index (χ2v) is 7.54. The van der Waals surface area contributed by atoms with Gasteiger partial charge in [0.05, 0.1) is 31.5 Å². The van der Waals surface area contributed by atoms with Gasteiger partial charge in [-0.3, -0.25) is 14.5 Å². The van der Waals surface area contributed by atoms with Gasteiger partial charge < -0.3 is 24.2 Å². The quantitative estimate of drug-likeness (QED) is 0.716. The monoisotopic (exact) mass is 450 g/mol. The van der Waals surface area contributed by atoms with Gasteiger partial charge in [0.15, 0.2) is 0 Å². The normalized spacial score (nSPS) is 21.9.